The van der Waals surface area contributed by atoms with Gasteiger partial charge in [-0.1, -0.05) is 36.4 Å². The van der Waals surface area contributed by atoms with Gasteiger partial charge in [-0.2, -0.15) is 0 Å². The summed E-state index contributed by atoms with van der Waals surface area (Å²) in [6, 6.07) is 17.2. The number of carbonyl (C=O) groups excluding carboxylic acids is 2. The number of amides is 2. The molecule has 0 unspecified atom stereocenters. The average Bonchev–Trinajstić information content (AvgIpc) is 3.27. The number of aryl methyl sites for hydroxylation is 2. The molecule has 0 radical (unpaired) electrons. The first-order valence-corrected chi connectivity index (χ1v) is 9.93. The van der Waals surface area contributed by atoms with Crippen LogP contribution in [0.4, 0.5) is 11.4 Å². The van der Waals surface area contributed by atoms with E-state index in [4.69, 9.17) is 0 Å². The van der Waals surface area contributed by atoms with E-state index in [-0.39, 0.29) is 11.8 Å². The first-order chi connectivity index (χ1) is 13.5. The number of nitrogens with one attached hydrogen (secondary N) is 1. The number of imide groups is 1. The molecule has 1 aromatic heterocycles. The van der Waals surface area contributed by atoms with Crippen LogP contribution in [-0.4, -0.2) is 11.8 Å². The van der Waals surface area contributed by atoms with E-state index in [0.29, 0.717) is 17.0 Å². The number of hydrogen-bond donors (Lipinski definition) is 1. The van der Waals surface area contributed by atoms with Gasteiger partial charge in [0.25, 0.3) is 11.8 Å². The van der Waals surface area contributed by atoms with Crippen molar-refractivity contribution in [1.29, 1.82) is 0 Å². The molecule has 0 fully saturated rings. The Bertz CT molecular complexity index is 1110. The molecule has 4 nitrogen and oxygen atoms in total. The summed E-state index contributed by atoms with van der Waals surface area (Å²) in [5.41, 5.74) is 5.15. The Labute approximate surface area is 168 Å². The van der Waals surface area contributed by atoms with Gasteiger partial charge in [0.2, 0.25) is 0 Å². The third kappa shape index (κ3) is 2.94. The highest BCUT2D eigenvalue weighted by Crippen LogP contribution is 2.37. The maximum atomic E-state index is 13.4. The SMILES string of the molecule is Cc1ccccc1NC1=C(c2cccs2)C(=O)N(c2cccc(C)c2C)C1=O. The molecule has 0 atom stereocenters. The van der Waals surface area contributed by atoms with Crippen LogP contribution in [0.5, 0.6) is 0 Å². The zero-order chi connectivity index (χ0) is 19.8. The van der Waals surface area contributed by atoms with Crippen molar-refractivity contribution in [2.45, 2.75) is 20.8 Å². The van der Waals surface area contributed by atoms with Gasteiger partial charge in [0.05, 0.1) is 11.3 Å². The fourth-order valence-electron chi connectivity index (χ4n) is 3.34. The Balaban J connectivity index is 1.85. The monoisotopic (exact) mass is 388 g/mol. The molecule has 4 rings (SSSR count). The molecule has 1 N–H and O–H groups in total. The minimum absolute atomic E-state index is 0.294. The number of para-hydroxylation sites is 1. The van der Waals surface area contributed by atoms with E-state index in [1.54, 1.807) is 0 Å². The molecular formula is C23H20N2O2S. The molecule has 0 aliphatic carbocycles. The second-order valence-corrected chi connectivity index (χ2v) is 7.78. The first kappa shape index (κ1) is 18.2. The maximum Gasteiger partial charge on any atom is 0.282 e. The Morgan fingerprint density at radius 1 is 0.821 bits per heavy atom. The van der Waals surface area contributed by atoms with Gasteiger partial charge in [-0.05, 0) is 61.0 Å². The van der Waals surface area contributed by atoms with Crippen molar-refractivity contribution in [2.24, 2.45) is 0 Å². The Morgan fingerprint density at radius 3 is 2.29 bits per heavy atom. The van der Waals surface area contributed by atoms with E-state index in [1.807, 2.05) is 80.7 Å². The second-order valence-electron chi connectivity index (χ2n) is 6.83. The summed E-state index contributed by atoms with van der Waals surface area (Å²) in [7, 11) is 0. The predicted molar refractivity (Wildman–Crippen MR) is 114 cm³/mol. The fraction of sp³-hybridized carbons (Fsp3) is 0.130. The van der Waals surface area contributed by atoms with Crippen molar-refractivity contribution in [1.82, 2.24) is 0 Å². The Kier molecular flexibility index (Phi) is 4.61. The molecule has 2 aromatic carbocycles. The molecule has 0 bridgehead atoms. The molecule has 2 amide bonds. The Morgan fingerprint density at radius 2 is 1.57 bits per heavy atom. The lowest BCUT2D eigenvalue weighted by Gasteiger charge is -2.19. The summed E-state index contributed by atoms with van der Waals surface area (Å²) in [6.07, 6.45) is 0. The highest BCUT2D eigenvalue weighted by molar-refractivity contribution is 7.11. The average molecular weight is 388 g/mol. The van der Waals surface area contributed by atoms with Crippen LogP contribution in [0.2, 0.25) is 0 Å². The molecule has 1 aliphatic heterocycles. The van der Waals surface area contributed by atoms with Gasteiger partial charge in [-0.3, -0.25) is 9.59 Å². The van der Waals surface area contributed by atoms with E-state index in [0.717, 1.165) is 27.3 Å². The quantitative estimate of drug-likeness (QED) is 0.635. The zero-order valence-electron chi connectivity index (χ0n) is 15.9. The lowest BCUT2D eigenvalue weighted by Crippen LogP contribution is -2.33. The van der Waals surface area contributed by atoms with Crippen LogP contribution in [-0.2, 0) is 9.59 Å². The molecule has 28 heavy (non-hydrogen) atoms. The summed E-state index contributed by atoms with van der Waals surface area (Å²) in [4.78, 5) is 28.8. The number of carbonyl (C=O) groups is 2. The van der Waals surface area contributed by atoms with Crippen LogP contribution in [0.3, 0.4) is 0 Å². The number of anilines is 2. The number of nitrogens with zero attached hydrogens (tertiary/aromatic N) is 1. The largest absolute Gasteiger partial charge is 0.350 e. The number of hydrogen-bond acceptors (Lipinski definition) is 4. The minimum Gasteiger partial charge on any atom is -0.350 e. The summed E-state index contributed by atoms with van der Waals surface area (Å²) in [5.74, 6) is -0.623. The highest BCUT2D eigenvalue weighted by Gasteiger charge is 2.41. The molecule has 1 aliphatic rings. The van der Waals surface area contributed by atoms with Gasteiger partial charge in [0.15, 0.2) is 0 Å². The molecule has 140 valence electrons. The van der Waals surface area contributed by atoms with Gasteiger partial charge in [0, 0.05) is 10.6 Å². The van der Waals surface area contributed by atoms with Crippen LogP contribution >= 0.6 is 11.3 Å². The third-order valence-corrected chi connectivity index (χ3v) is 5.96. The molecule has 3 aromatic rings. The van der Waals surface area contributed by atoms with E-state index >= 15 is 0 Å². The van der Waals surface area contributed by atoms with Gasteiger partial charge >= 0.3 is 0 Å². The van der Waals surface area contributed by atoms with Gasteiger partial charge < -0.3 is 5.32 Å². The molecule has 0 saturated carbocycles. The molecule has 0 spiro atoms. The summed E-state index contributed by atoms with van der Waals surface area (Å²) in [6.45, 7) is 5.88. The topological polar surface area (TPSA) is 49.4 Å². The molecule has 2 heterocycles. The van der Waals surface area contributed by atoms with Gasteiger partial charge in [-0.15, -0.1) is 11.3 Å². The van der Waals surface area contributed by atoms with Crippen molar-refractivity contribution in [3.63, 3.8) is 0 Å². The number of rotatable bonds is 4. The predicted octanol–water partition coefficient (Wildman–Crippen LogP) is 5.07. The molecule has 0 saturated heterocycles. The van der Waals surface area contributed by atoms with Crippen LogP contribution < -0.4 is 10.2 Å². The van der Waals surface area contributed by atoms with Gasteiger partial charge in [-0.25, -0.2) is 4.90 Å². The van der Waals surface area contributed by atoms with E-state index in [9.17, 15) is 9.59 Å². The van der Waals surface area contributed by atoms with Crippen molar-refractivity contribution in [2.75, 3.05) is 10.2 Å². The van der Waals surface area contributed by atoms with Crippen molar-refractivity contribution < 1.29 is 9.59 Å². The maximum absolute atomic E-state index is 13.4. The van der Waals surface area contributed by atoms with Gasteiger partial charge in [0.1, 0.15) is 5.70 Å². The van der Waals surface area contributed by atoms with Crippen LogP contribution in [0.1, 0.15) is 21.6 Å². The smallest absolute Gasteiger partial charge is 0.282 e. The summed E-state index contributed by atoms with van der Waals surface area (Å²) >= 11 is 1.45. The standard InChI is InChI=1S/C23H20N2O2S/c1-14-9-6-11-18(16(14)3)25-22(26)20(19-12-7-13-28-19)21(23(25)27)24-17-10-5-4-8-15(17)2/h4-13,24H,1-3H3. The number of thiophene rings is 1. The zero-order valence-corrected chi connectivity index (χ0v) is 16.8. The summed E-state index contributed by atoms with van der Waals surface area (Å²) < 4.78 is 0. The first-order valence-electron chi connectivity index (χ1n) is 9.05. The molecule has 5 heteroatoms. The second kappa shape index (κ2) is 7.09. The Hall–Kier alpha value is -3.18. The van der Waals surface area contributed by atoms with Crippen LogP contribution in [0.15, 0.2) is 65.7 Å². The number of benzene rings is 2. The fourth-order valence-corrected chi connectivity index (χ4v) is 4.11. The van der Waals surface area contributed by atoms with Crippen molar-refractivity contribution in [3.8, 4) is 0 Å². The molecular weight excluding hydrogens is 368 g/mol. The van der Waals surface area contributed by atoms with Crippen molar-refractivity contribution in [3.05, 3.63) is 87.2 Å². The lowest BCUT2D eigenvalue weighted by atomic mass is 10.1. The van der Waals surface area contributed by atoms with Crippen LogP contribution in [0, 0.1) is 20.8 Å². The van der Waals surface area contributed by atoms with E-state index in [1.165, 1.54) is 16.2 Å². The minimum atomic E-state index is -0.328. The normalized spacial score (nSPS) is 14.2. The van der Waals surface area contributed by atoms with E-state index in [2.05, 4.69) is 5.32 Å². The van der Waals surface area contributed by atoms with E-state index < -0.39 is 0 Å². The third-order valence-electron chi connectivity index (χ3n) is 5.07. The summed E-state index contributed by atoms with van der Waals surface area (Å²) in [5, 5.41) is 5.14. The highest BCUT2D eigenvalue weighted by atomic mass is 32.1. The van der Waals surface area contributed by atoms with Crippen molar-refractivity contribution >= 4 is 40.1 Å². The lowest BCUT2D eigenvalue weighted by molar-refractivity contribution is -0.120. The van der Waals surface area contributed by atoms with Crippen LogP contribution in [0.25, 0.3) is 5.57 Å².